The van der Waals surface area contributed by atoms with E-state index in [1.54, 1.807) is 18.5 Å². The van der Waals surface area contributed by atoms with Gasteiger partial charge in [0.1, 0.15) is 18.1 Å². The van der Waals surface area contributed by atoms with Gasteiger partial charge >= 0.3 is 0 Å². The lowest BCUT2D eigenvalue weighted by Gasteiger charge is -2.13. The van der Waals surface area contributed by atoms with Crippen LogP contribution < -0.4 is 16.0 Å². The Morgan fingerprint density at radius 1 is 1.18 bits per heavy atom. The van der Waals surface area contributed by atoms with Crippen molar-refractivity contribution in [2.45, 2.75) is 53.0 Å². The number of hydrogen-bond acceptors (Lipinski definition) is 5. The van der Waals surface area contributed by atoms with E-state index in [4.69, 9.17) is 4.42 Å². The van der Waals surface area contributed by atoms with Crippen molar-refractivity contribution in [2.75, 3.05) is 18.4 Å². The predicted octanol–water partition coefficient (Wildman–Crippen LogP) is 2.76. The SMILES string of the molecule is CCNC(=NCc1ncc(C(C)(C)C)o1)NCCC(=O)Nc1ccc(C)cn1. The summed E-state index contributed by atoms with van der Waals surface area (Å²) in [6.45, 7) is 11.6. The van der Waals surface area contributed by atoms with Gasteiger partial charge in [-0.05, 0) is 25.5 Å². The molecule has 0 aliphatic heterocycles. The highest BCUT2D eigenvalue weighted by Gasteiger charge is 2.19. The van der Waals surface area contributed by atoms with Crippen molar-refractivity contribution in [3.63, 3.8) is 0 Å². The Morgan fingerprint density at radius 2 is 1.96 bits per heavy atom. The van der Waals surface area contributed by atoms with Gasteiger partial charge in [0.15, 0.2) is 5.96 Å². The number of amides is 1. The van der Waals surface area contributed by atoms with E-state index in [2.05, 4.69) is 51.7 Å². The van der Waals surface area contributed by atoms with Gasteiger partial charge in [-0.3, -0.25) is 4.79 Å². The van der Waals surface area contributed by atoms with Gasteiger partial charge in [0.25, 0.3) is 0 Å². The number of carbonyl (C=O) groups is 1. The van der Waals surface area contributed by atoms with Crippen molar-refractivity contribution in [2.24, 2.45) is 4.99 Å². The quantitative estimate of drug-likeness (QED) is 0.499. The van der Waals surface area contributed by atoms with E-state index in [0.717, 1.165) is 11.3 Å². The molecule has 0 aromatic carbocycles. The van der Waals surface area contributed by atoms with Crippen molar-refractivity contribution in [3.05, 3.63) is 41.7 Å². The van der Waals surface area contributed by atoms with E-state index in [1.165, 1.54) is 0 Å². The standard InChI is InChI=1S/C20H30N6O2/c1-6-21-19(25-13-18-24-12-15(28-18)20(3,4)5)22-10-9-17(27)26-16-8-7-14(2)11-23-16/h7-8,11-12H,6,9-10,13H2,1-5H3,(H2,21,22,25)(H,23,26,27). The van der Waals surface area contributed by atoms with Gasteiger partial charge in [-0.15, -0.1) is 0 Å². The van der Waals surface area contributed by atoms with Crippen LogP contribution in [0.4, 0.5) is 5.82 Å². The summed E-state index contributed by atoms with van der Waals surface area (Å²) in [6, 6.07) is 3.69. The molecule has 0 fully saturated rings. The number of anilines is 1. The van der Waals surface area contributed by atoms with E-state index in [-0.39, 0.29) is 11.3 Å². The second-order valence-electron chi connectivity index (χ2n) is 7.51. The minimum absolute atomic E-state index is 0.0859. The Morgan fingerprint density at radius 3 is 2.57 bits per heavy atom. The Labute approximate surface area is 166 Å². The average Bonchev–Trinajstić information content (AvgIpc) is 3.11. The largest absolute Gasteiger partial charge is 0.443 e. The first kappa shape index (κ1) is 21.4. The van der Waals surface area contributed by atoms with Crippen LogP contribution in [0, 0.1) is 6.92 Å². The highest BCUT2D eigenvalue weighted by atomic mass is 16.4. The van der Waals surface area contributed by atoms with Crippen LogP contribution >= 0.6 is 0 Å². The van der Waals surface area contributed by atoms with Crippen LogP contribution in [0.15, 0.2) is 33.9 Å². The van der Waals surface area contributed by atoms with Gasteiger partial charge in [0.05, 0.1) is 6.20 Å². The molecule has 0 saturated carbocycles. The molecule has 0 bridgehead atoms. The maximum Gasteiger partial charge on any atom is 0.227 e. The highest BCUT2D eigenvalue weighted by Crippen LogP contribution is 2.22. The van der Waals surface area contributed by atoms with Crippen LogP contribution in [-0.2, 0) is 16.8 Å². The monoisotopic (exact) mass is 386 g/mol. The molecule has 2 aromatic heterocycles. The maximum atomic E-state index is 12.0. The Kier molecular flexibility index (Phi) is 7.54. The molecule has 3 N–H and O–H groups in total. The van der Waals surface area contributed by atoms with Gasteiger partial charge in [0, 0.05) is 31.1 Å². The molecule has 2 heterocycles. The molecule has 8 heteroatoms. The number of carbonyl (C=O) groups excluding carboxylic acids is 1. The fraction of sp³-hybridized carbons (Fsp3) is 0.500. The molecule has 0 radical (unpaired) electrons. The second kappa shape index (κ2) is 9.87. The third-order valence-electron chi connectivity index (χ3n) is 3.83. The summed E-state index contributed by atoms with van der Waals surface area (Å²) in [4.78, 5) is 24.9. The fourth-order valence-electron chi connectivity index (χ4n) is 2.26. The summed E-state index contributed by atoms with van der Waals surface area (Å²) >= 11 is 0. The van der Waals surface area contributed by atoms with E-state index >= 15 is 0 Å². The summed E-state index contributed by atoms with van der Waals surface area (Å²) < 4.78 is 5.75. The maximum absolute atomic E-state index is 12.0. The van der Waals surface area contributed by atoms with E-state index in [9.17, 15) is 4.79 Å². The molecule has 28 heavy (non-hydrogen) atoms. The number of nitrogens with zero attached hydrogens (tertiary/aromatic N) is 3. The van der Waals surface area contributed by atoms with Gasteiger partial charge in [-0.25, -0.2) is 15.0 Å². The molecule has 1 amide bonds. The normalized spacial score (nSPS) is 12.0. The molecule has 0 aliphatic carbocycles. The summed E-state index contributed by atoms with van der Waals surface area (Å²) in [6.07, 6.45) is 3.76. The average molecular weight is 387 g/mol. The van der Waals surface area contributed by atoms with Crippen LogP contribution in [0.25, 0.3) is 0 Å². The van der Waals surface area contributed by atoms with Crippen molar-refractivity contribution in [3.8, 4) is 0 Å². The topological polar surface area (TPSA) is 104 Å². The molecule has 152 valence electrons. The van der Waals surface area contributed by atoms with Crippen LogP contribution in [0.3, 0.4) is 0 Å². The first-order chi connectivity index (χ1) is 13.3. The van der Waals surface area contributed by atoms with Crippen LogP contribution in [0.1, 0.15) is 51.3 Å². The smallest absolute Gasteiger partial charge is 0.227 e. The Hall–Kier alpha value is -2.90. The lowest BCUT2D eigenvalue weighted by Crippen LogP contribution is -2.38. The Balaban J connectivity index is 1.83. The molecule has 2 rings (SSSR count). The van der Waals surface area contributed by atoms with E-state index in [0.29, 0.717) is 43.7 Å². The summed E-state index contributed by atoms with van der Waals surface area (Å²) in [5.74, 6) is 2.44. The minimum Gasteiger partial charge on any atom is -0.443 e. The Bertz CT molecular complexity index is 790. The number of aryl methyl sites for hydroxylation is 1. The van der Waals surface area contributed by atoms with E-state index < -0.39 is 0 Å². The molecule has 0 spiro atoms. The van der Waals surface area contributed by atoms with Gasteiger partial charge in [-0.1, -0.05) is 26.8 Å². The van der Waals surface area contributed by atoms with Crippen LogP contribution in [-0.4, -0.2) is 34.9 Å². The number of pyridine rings is 1. The zero-order valence-corrected chi connectivity index (χ0v) is 17.3. The first-order valence-electron chi connectivity index (χ1n) is 9.48. The lowest BCUT2D eigenvalue weighted by atomic mass is 9.94. The van der Waals surface area contributed by atoms with Crippen molar-refractivity contribution in [1.29, 1.82) is 0 Å². The first-order valence-corrected chi connectivity index (χ1v) is 9.48. The molecule has 8 nitrogen and oxygen atoms in total. The number of oxazole rings is 1. The number of aromatic nitrogens is 2. The summed E-state index contributed by atoms with van der Waals surface area (Å²) in [7, 11) is 0. The fourth-order valence-corrected chi connectivity index (χ4v) is 2.26. The second-order valence-corrected chi connectivity index (χ2v) is 7.51. The zero-order chi connectivity index (χ0) is 20.6. The van der Waals surface area contributed by atoms with Crippen molar-refractivity contribution < 1.29 is 9.21 Å². The van der Waals surface area contributed by atoms with Gasteiger partial charge in [-0.2, -0.15) is 0 Å². The van der Waals surface area contributed by atoms with Crippen LogP contribution in [0.2, 0.25) is 0 Å². The van der Waals surface area contributed by atoms with Crippen molar-refractivity contribution >= 4 is 17.7 Å². The number of nitrogens with one attached hydrogen (secondary N) is 3. The summed E-state index contributed by atoms with van der Waals surface area (Å²) in [5.41, 5.74) is 0.962. The highest BCUT2D eigenvalue weighted by molar-refractivity contribution is 5.90. The molecular weight excluding hydrogens is 356 g/mol. The minimum atomic E-state index is -0.109. The lowest BCUT2D eigenvalue weighted by molar-refractivity contribution is -0.116. The van der Waals surface area contributed by atoms with E-state index in [1.807, 2.05) is 19.9 Å². The number of hydrogen-bond donors (Lipinski definition) is 3. The molecule has 0 saturated heterocycles. The van der Waals surface area contributed by atoms with Crippen molar-refractivity contribution in [1.82, 2.24) is 20.6 Å². The molecule has 0 aliphatic rings. The zero-order valence-electron chi connectivity index (χ0n) is 17.3. The van der Waals surface area contributed by atoms with Gasteiger partial charge < -0.3 is 20.4 Å². The molecule has 0 unspecified atom stereocenters. The molecular formula is C20H30N6O2. The van der Waals surface area contributed by atoms with Gasteiger partial charge in [0.2, 0.25) is 11.8 Å². The summed E-state index contributed by atoms with van der Waals surface area (Å²) in [5, 5.41) is 9.06. The molecule has 0 atom stereocenters. The third kappa shape index (κ3) is 7.02. The number of guanidine groups is 1. The predicted molar refractivity (Wildman–Crippen MR) is 110 cm³/mol. The van der Waals surface area contributed by atoms with Crippen LogP contribution in [0.5, 0.6) is 0 Å². The number of rotatable bonds is 7. The number of aliphatic imine (C=N–C) groups is 1. The molecule has 2 aromatic rings. The third-order valence-corrected chi connectivity index (χ3v) is 3.83.